The van der Waals surface area contributed by atoms with Crippen molar-refractivity contribution < 1.29 is 38.1 Å². The van der Waals surface area contributed by atoms with E-state index in [1.165, 1.54) is 5.56 Å². The van der Waals surface area contributed by atoms with Gasteiger partial charge in [-0.1, -0.05) is 29.3 Å². The van der Waals surface area contributed by atoms with Gasteiger partial charge < -0.3 is 28.6 Å². The van der Waals surface area contributed by atoms with E-state index in [2.05, 4.69) is 11.0 Å². The second-order valence-electron chi connectivity index (χ2n) is 13.0. The molecule has 4 aromatic carbocycles. The molecule has 0 radical (unpaired) electrons. The number of esters is 1. The molecule has 2 heterocycles. The fraction of sp³-hybridized carbons (Fsp3) is 0.325. The molecule has 0 bridgehead atoms. The van der Waals surface area contributed by atoms with E-state index >= 15 is 0 Å². The molecule has 0 aliphatic carbocycles. The highest BCUT2D eigenvalue weighted by molar-refractivity contribution is 6.31. The van der Waals surface area contributed by atoms with Gasteiger partial charge in [0.25, 0.3) is 5.91 Å². The number of ether oxygens (including phenoxy) is 5. The quantitative estimate of drug-likeness (QED) is 0.111. The van der Waals surface area contributed by atoms with E-state index in [0.717, 1.165) is 31.1 Å². The number of nitrogens with zero attached hydrogens (tertiary/aromatic N) is 2. The van der Waals surface area contributed by atoms with E-state index in [1.807, 2.05) is 17.0 Å². The lowest BCUT2D eigenvalue weighted by molar-refractivity contribution is -0.163. The number of carbonyl (C=O) groups is 3. The van der Waals surface area contributed by atoms with Crippen LogP contribution in [0.4, 0.5) is 0 Å². The summed E-state index contributed by atoms with van der Waals surface area (Å²) in [4.78, 5) is 41.0. The molecule has 1 saturated heterocycles. The first-order valence-electron chi connectivity index (χ1n) is 16.9. The second-order valence-corrected chi connectivity index (χ2v) is 13.9. The molecule has 0 N–H and O–H groups in total. The van der Waals surface area contributed by atoms with Crippen molar-refractivity contribution in [2.24, 2.45) is 0 Å². The van der Waals surface area contributed by atoms with Crippen LogP contribution in [0.3, 0.4) is 0 Å². The molecular weight excluding hydrogens is 743 g/mol. The molecule has 282 valence electrons. The van der Waals surface area contributed by atoms with Crippen molar-refractivity contribution in [3.63, 3.8) is 0 Å². The summed E-state index contributed by atoms with van der Waals surface area (Å²) in [6, 6.07) is 26.4. The molecule has 53 heavy (non-hydrogen) atoms. The molecule has 0 saturated carbocycles. The van der Waals surface area contributed by atoms with Gasteiger partial charge in [-0.3, -0.25) is 14.5 Å². The Morgan fingerprint density at radius 1 is 0.755 bits per heavy atom. The number of carbonyl (C=O) groups excluding carboxylic acids is 3. The molecule has 1 amide bonds. The van der Waals surface area contributed by atoms with Crippen LogP contribution in [-0.4, -0.2) is 78.7 Å². The summed E-state index contributed by atoms with van der Waals surface area (Å²) in [6.07, 6.45) is -0.213. The zero-order valence-corrected chi connectivity index (χ0v) is 32.3. The standard InChI is InChI=1S/C20H21ClN2O4.C20H21ClO4.ClH/c21-16-2-4-17(5-3-16)25-13-20(24)23-9-7-22(8-10-23)12-15-1-6-18-19(11-15)27-14-26-18;1-13(2)24-19(23)20(3,4)25-17-11-7-15(8-12-17)18(22)14-5-9-16(21)10-6-14;/h1-6,11H,7-10,12-14H2;5-13H,1-4H3;1H. The maximum absolute atomic E-state index is 12.4. The lowest BCUT2D eigenvalue weighted by Crippen LogP contribution is -2.49. The van der Waals surface area contributed by atoms with Gasteiger partial charge in [-0.25, -0.2) is 4.79 Å². The largest absolute Gasteiger partial charge is 0.484 e. The lowest BCUT2D eigenvalue weighted by Gasteiger charge is -2.34. The highest BCUT2D eigenvalue weighted by atomic mass is 35.5. The molecule has 10 nitrogen and oxygen atoms in total. The minimum Gasteiger partial charge on any atom is -0.484 e. The summed E-state index contributed by atoms with van der Waals surface area (Å²) in [7, 11) is 0. The average molecular weight is 786 g/mol. The number of rotatable bonds is 11. The van der Waals surface area contributed by atoms with Crippen LogP contribution in [0.25, 0.3) is 0 Å². The van der Waals surface area contributed by atoms with Gasteiger partial charge in [-0.2, -0.15) is 0 Å². The number of halogens is 3. The van der Waals surface area contributed by atoms with E-state index in [0.29, 0.717) is 45.8 Å². The van der Waals surface area contributed by atoms with E-state index < -0.39 is 11.6 Å². The predicted molar refractivity (Wildman–Crippen MR) is 206 cm³/mol. The number of benzene rings is 4. The fourth-order valence-corrected chi connectivity index (χ4v) is 5.61. The average Bonchev–Trinajstić information content (AvgIpc) is 3.60. The number of piperazine rings is 1. The lowest BCUT2D eigenvalue weighted by atomic mass is 10.0. The summed E-state index contributed by atoms with van der Waals surface area (Å²) in [5.41, 5.74) is 1.15. The second kappa shape index (κ2) is 19.0. The van der Waals surface area contributed by atoms with Crippen LogP contribution in [-0.2, 0) is 20.9 Å². The Morgan fingerprint density at radius 3 is 1.91 bits per heavy atom. The third kappa shape index (κ3) is 12.0. The highest BCUT2D eigenvalue weighted by Gasteiger charge is 2.32. The maximum atomic E-state index is 12.4. The van der Waals surface area contributed by atoms with Crippen LogP contribution >= 0.6 is 35.6 Å². The molecule has 1 fully saturated rings. The molecule has 6 rings (SSSR count). The topological polar surface area (TPSA) is 104 Å². The Hall–Kier alpha value is -4.48. The SMILES string of the molecule is CC(C)OC(=O)C(C)(C)Oc1ccc(C(=O)c2ccc(Cl)cc2)cc1.Cl.O=C(COc1ccc(Cl)cc1)N1CCN(Cc2ccc3c(c2)OCO3)CC1. The fourth-order valence-electron chi connectivity index (χ4n) is 5.35. The molecule has 2 aliphatic heterocycles. The number of hydrogen-bond acceptors (Lipinski definition) is 9. The third-order valence-corrected chi connectivity index (χ3v) is 8.68. The first-order chi connectivity index (χ1) is 24.9. The Kier molecular flexibility index (Phi) is 14.8. The molecule has 0 spiro atoms. The zero-order chi connectivity index (χ0) is 37.3. The summed E-state index contributed by atoms with van der Waals surface area (Å²) >= 11 is 11.7. The summed E-state index contributed by atoms with van der Waals surface area (Å²) < 4.78 is 27.2. The molecule has 0 atom stereocenters. The number of hydrogen-bond donors (Lipinski definition) is 0. The van der Waals surface area contributed by atoms with Crippen molar-refractivity contribution in [3.8, 4) is 23.0 Å². The van der Waals surface area contributed by atoms with Gasteiger partial charge in [0.2, 0.25) is 6.79 Å². The Balaban J connectivity index is 0.000000233. The molecule has 4 aromatic rings. The maximum Gasteiger partial charge on any atom is 0.350 e. The van der Waals surface area contributed by atoms with Gasteiger partial charge in [-0.05, 0) is 118 Å². The summed E-state index contributed by atoms with van der Waals surface area (Å²) in [5.74, 6) is 2.20. The Labute approximate surface area is 326 Å². The van der Waals surface area contributed by atoms with Crippen molar-refractivity contribution in [1.29, 1.82) is 0 Å². The minimum absolute atomic E-state index is 0. The molecule has 0 aromatic heterocycles. The smallest absolute Gasteiger partial charge is 0.350 e. The number of ketones is 1. The van der Waals surface area contributed by atoms with Crippen molar-refractivity contribution >= 4 is 53.3 Å². The third-order valence-electron chi connectivity index (χ3n) is 8.17. The van der Waals surface area contributed by atoms with Crippen LogP contribution in [0.2, 0.25) is 10.0 Å². The zero-order valence-electron chi connectivity index (χ0n) is 30.0. The van der Waals surface area contributed by atoms with Crippen LogP contribution < -0.4 is 18.9 Å². The van der Waals surface area contributed by atoms with Gasteiger partial charge >= 0.3 is 5.97 Å². The van der Waals surface area contributed by atoms with Gasteiger partial charge in [0, 0.05) is 53.9 Å². The molecular formula is C40H43Cl3N2O8. The van der Waals surface area contributed by atoms with Gasteiger partial charge in [0.15, 0.2) is 29.5 Å². The van der Waals surface area contributed by atoms with Crippen LogP contribution in [0.5, 0.6) is 23.0 Å². The monoisotopic (exact) mass is 784 g/mol. The van der Waals surface area contributed by atoms with Crippen LogP contribution in [0.1, 0.15) is 49.2 Å². The van der Waals surface area contributed by atoms with Crippen molar-refractivity contribution in [3.05, 3.63) is 118 Å². The molecule has 2 aliphatic rings. The van der Waals surface area contributed by atoms with E-state index in [-0.39, 0.29) is 43.6 Å². The Bertz CT molecular complexity index is 1830. The first-order valence-corrected chi connectivity index (χ1v) is 17.7. The van der Waals surface area contributed by atoms with Crippen molar-refractivity contribution in [2.45, 2.75) is 45.9 Å². The van der Waals surface area contributed by atoms with Gasteiger partial charge in [0.05, 0.1) is 6.10 Å². The van der Waals surface area contributed by atoms with Crippen LogP contribution in [0.15, 0.2) is 91.0 Å². The summed E-state index contributed by atoms with van der Waals surface area (Å²) in [6.45, 7) is 11.1. The van der Waals surface area contributed by atoms with E-state index in [4.69, 9.17) is 46.9 Å². The molecule has 13 heteroatoms. The van der Waals surface area contributed by atoms with E-state index in [1.54, 1.807) is 100 Å². The minimum atomic E-state index is -1.12. The Morgan fingerprint density at radius 2 is 1.30 bits per heavy atom. The van der Waals surface area contributed by atoms with Gasteiger partial charge in [-0.15, -0.1) is 12.4 Å². The van der Waals surface area contributed by atoms with Crippen LogP contribution in [0, 0.1) is 0 Å². The summed E-state index contributed by atoms with van der Waals surface area (Å²) in [5, 5.41) is 1.23. The van der Waals surface area contributed by atoms with E-state index in [9.17, 15) is 14.4 Å². The van der Waals surface area contributed by atoms with Gasteiger partial charge in [0.1, 0.15) is 11.5 Å². The number of fused-ring (bicyclic) bond motifs is 1. The van der Waals surface area contributed by atoms with Crippen molar-refractivity contribution in [2.75, 3.05) is 39.6 Å². The van der Waals surface area contributed by atoms with Crippen molar-refractivity contribution in [1.82, 2.24) is 9.80 Å². The highest BCUT2D eigenvalue weighted by Crippen LogP contribution is 2.33. The first kappa shape index (κ1) is 41.3. The normalized spacial score (nSPS) is 13.7. The molecule has 0 unspecified atom stereocenters. The number of amides is 1. The predicted octanol–water partition coefficient (Wildman–Crippen LogP) is 7.89.